The Kier molecular flexibility index (Phi) is 5.70. The molecule has 1 aliphatic carbocycles. The number of methoxy groups -OCH3 is 1. The summed E-state index contributed by atoms with van der Waals surface area (Å²) in [6.07, 6.45) is 1.09. The van der Waals surface area contributed by atoms with Crippen LogP contribution in [0.15, 0.2) is 84.1 Å². The first kappa shape index (κ1) is 22.0. The van der Waals surface area contributed by atoms with Crippen LogP contribution in [0.2, 0.25) is 0 Å². The van der Waals surface area contributed by atoms with E-state index in [0.717, 1.165) is 39.5 Å². The lowest BCUT2D eigenvalue weighted by molar-refractivity contribution is -0.117. The van der Waals surface area contributed by atoms with E-state index in [0.29, 0.717) is 18.4 Å². The van der Waals surface area contributed by atoms with Crippen molar-refractivity contribution in [2.75, 3.05) is 17.3 Å². The van der Waals surface area contributed by atoms with Gasteiger partial charge in [-0.3, -0.25) is 14.5 Å². The molecule has 5 nitrogen and oxygen atoms in total. The molecule has 0 radical (unpaired) electrons. The first-order valence-corrected chi connectivity index (χ1v) is 11.6. The highest BCUT2D eigenvalue weighted by atomic mass is 16.5. The van der Waals surface area contributed by atoms with Gasteiger partial charge < -0.3 is 10.1 Å². The Labute approximate surface area is 200 Å². The Balaban J connectivity index is 1.66. The van der Waals surface area contributed by atoms with E-state index in [4.69, 9.17) is 4.74 Å². The molecule has 2 aliphatic rings. The molecule has 1 heterocycles. The summed E-state index contributed by atoms with van der Waals surface area (Å²) in [6.45, 7) is 3.60. The van der Waals surface area contributed by atoms with Crippen molar-refractivity contribution in [1.29, 1.82) is 0 Å². The number of amides is 1. The van der Waals surface area contributed by atoms with Gasteiger partial charge in [-0.25, -0.2) is 0 Å². The van der Waals surface area contributed by atoms with Gasteiger partial charge in [0.05, 0.1) is 24.5 Å². The Hall–Kier alpha value is -3.86. The van der Waals surface area contributed by atoms with E-state index in [1.807, 2.05) is 79.7 Å². The zero-order valence-corrected chi connectivity index (χ0v) is 19.7. The summed E-state index contributed by atoms with van der Waals surface area (Å²) < 4.78 is 5.30. The number of carbonyl (C=O) groups excluding carboxylic acids is 2. The average molecular weight is 453 g/mol. The molecule has 0 saturated heterocycles. The van der Waals surface area contributed by atoms with Crippen LogP contribution in [0.1, 0.15) is 48.4 Å². The number of Topliss-reactive ketones (excluding diaryl/α,β-unsaturated/α-hetero) is 1. The molecule has 1 amide bonds. The summed E-state index contributed by atoms with van der Waals surface area (Å²) in [7, 11) is 1.65. The number of ether oxygens (including phenoxy) is 1. The molecule has 0 bridgehead atoms. The van der Waals surface area contributed by atoms with Crippen molar-refractivity contribution in [2.24, 2.45) is 0 Å². The summed E-state index contributed by atoms with van der Waals surface area (Å²) in [4.78, 5) is 28.6. The van der Waals surface area contributed by atoms with Crippen molar-refractivity contribution in [2.45, 2.75) is 38.6 Å². The minimum Gasteiger partial charge on any atom is -0.497 e. The molecule has 3 aromatic rings. The van der Waals surface area contributed by atoms with Gasteiger partial charge in [-0.05, 0) is 54.7 Å². The second-order valence-corrected chi connectivity index (χ2v) is 9.04. The number of para-hydroxylation sites is 2. The van der Waals surface area contributed by atoms with Crippen molar-refractivity contribution >= 4 is 23.1 Å². The first-order valence-electron chi connectivity index (χ1n) is 11.6. The second kappa shape index (κ2) is 8.82. The van der Waals surface area contributed by atoms with Gasteiger partial charge in [0, 0.05) is 24.6 Å². The Morgan fingerprint density at radius 1 is 0.941 bits per heavy atom. The van der Waals surface area contributed by atoms with Crippen molar-refractivity contribution in [3.8, 4) is 5.75 Å². The third-order valence-electron chi connectivity index (χ3n) is 6.81. The number of carbonyl (C=O) groups is 2. The molecular formula is C29H28N2O3. The van der Waals surface area contributed by atoms with Gasteiger partial charge in [0.25, 0.3) is 0 Å². The topological polar surface area (TPSA) is 58.6 Å². The summed E-state index contributed by atoms with van der Waals surface area (Å²) in [5, 5.41) is 3.55. The first-order chi connectivity index (χ1) is 16.5. The Morgan fingerprint density at radius 2 is 1.62 bits per heavy atom. The minimum absolute atomic E-state index is 0.0550. The number of fused-ring (bicyclic) bond motifs is 1. The fraction of sp³-hybridized carbons (Fsp3) is 0.241. The van der Waals surface area contributed by atoms with Gasteiger partial charge >= 0.3 is 0 Å². The van der Waals surface area contributed by atoms with E-state index in [9.17, 15) is 9.59 Å². The van der Waals surface area contributed by atoms with Crippen LogP contribution in [-0.2, 0) is 9.59 Å². The summed E-state index contributed by atoms with van der Waals surface area (Å²) in [5.74, 6) is 0.820. The number of nitrogens with zero attached hydrogens (tertiary/aromatic N) is 1. The molecular weight excluding hydrogens is 424 g/mol. The van der Waals surface area contributed by atoms with Crippen LogP contribution in [0.3, 0.4) is 0 Å². The summed E-state index contributed by atoms with van der Waals surface area (Å²) in [6, 6.07) is 23.4. The number of rotatable bonds is 3. The number of hydrogen-bond donors (Lipinski definition) is 1. The monoisotopic (exact) mass is 452 g/mol. The third-order valence-corrected chi connectivity index (χ3v) is 6.81. The lowest BCUT2D eigenvalue weighted by Crippen LogP contribution is -2.37. The van der Waals surface area contributed by atoms with Gasteiger partial charge in [0.2, 0.25) is 5.91 Å². The van der Waals surface area contributed by atoms with Crippen LogP contribution >= 0.6 is 0 Å². The zero-order chi connectivity index (χ0) is 23.8. The van der Waals surface area contributed by atoms with Crippen molar-refractivity contribution in [3.05, 3.63) is 101 Å². The van der Waals surface area contributed by atoms with E-state index in [-0.39, 0.29) is 17.6 Å². The molecule has 5 rings (SSSR count). The Morgan fingerprint density at radius 3 is 2.29 bits per heavy atom. The molecule has 172 valence electrons. The van der Waals surface area contributed by atoms with Crippen LogP contribution in [0.5, 0.6) is 5.75 Å². The van der Waals surface area contributed by atoms with E-state index < -0.39 is 6.04 Å². The third kappa shape index (κ3) is 3.87. The number of hydrogen-bond acceptors (Lipinski definition) is 4. The maximum Gasteiger partial charge on any atom is 0.224 e. The van der Waals surface area contributed by atoms with E-state index in [2.05, 4.69) is 5.32 Å². The fourth-order valence-corrected chi connectivity index (χ4v) is 5.11. The molecule has 0 saturated carbocycles. The highest BCUT2D eigenvalue weighted by Gasteiger charge is 2.40. The zero-order valence-electron chi connectivity index (χ0n) is 19.7. The largest absolute Gasteiger partial charge is 0.497 e. The SMILES string of the molecule is COc1ccc([C@@H]2CC(=O)C3=C(C2)Nc2ccccc2N(C(C)=O)[C@@H]3c2ccc(C)cc2)cc1. The molecule has 0 aromatic heterocycles. The van der Waals surface area contributed by atoms with Crippen LogP contribution in [-0.4, -0.2) is 18.8 Å². The molecule has 0 fully saturated rings. The van der Waals surface area contributed by atoms with Crippen molar-refractivity contribution in [1.82, 2.24) is 0 Å². The van der Waals surface area contributed by atoms with Crippen molar-refractivity contribution < 1.29 is 14.3 Å². The lowest BCUT2D eigenvalue weighted by Gasteiger charge is -2.34. The van der Waals surface area contributed by atoms with Crippen LogP contribution in [0.25, 0.3) is 0 Å². The van der Waals surface area contributed by atoms with Crippen LogP contribution < -0.4 is 15.0 Å². The molecule has 0 spiro atoms. The maximum absolute atomic E-state index is 13.8. The second-order valence-electron chi connectivity index (χ2n) is 9.04. The average Bonchev–Trinajstić information content (AvgIpc) is 2.99. The van der Waals surface area contributed by atoms with E-state index in [1.54, 1.807) is 18.9 Å². The van der Waals surface area contributed by atoms with Crippen LogP contribution in [0, 0.1) is 6.92 Å². The molecule has 3 aromatic carbocycles. The Bertz CT molecular complexity index is 1280. The van der Waals surface area contributed by atoms with E-state index >= 15 is 0 Å². The number of anilines is 2. The van der Waals surface area contributed by atoms with Gasteiger partial charge in [-0.15, -0.1) is 0 Å². The molecule has 1 N–H and O–H groups in total. The number of ketones is 1. The van der Waals surface area contributed by atoms with Gasteiger partial charge in [0.1, 0.15) is 5.75 Å². The predicted molar refractivity (Wildman–Crippen MR) is 134 cm³/mol. The van der Waals surface area contributed by atoms with Gasteiger partial charge in [-0.1, -0.05) is 54.1 Å². The fourth-order valence-electron chi connectivity index (χ4n) is 5.11. The maximum atomic E-state index is 13.8. The predicted octanol–water partition coefficient (Wildman–Crippen LogP) is 5.92. The van der Waals surface area contributed by atoms with Gasteiger partial charge in [0.15, 0.2) is 5.78 Å². The number of allylic oxidation sites excluding steroid dienone is 1. The summed E-state index contributed by atoms with van der Waals surface area (Å²) >= 11 is 0. The molecule has 2 atom stereocenters. The smallest absolute Gasteiger partial charge is 0.224 e. The number of nitrogens with one attached hydrogen (secondary N) is 1. The standard InChI is InChI=1S/C29H28N2O3/c1-18-8-10-21(11-9-18)29-28-25(30-24-6-4-5-7-26(24)31(29)19(2)32)16-22(17-27(28)33)20-12-14-23(34-3)15-13-20/h4-15,22,29-30H,16-17H2,1-3H3/t22-,29+/m0/s1. The highest BCUT2D eigenvalue weighted by Crippen LogP contribution is 2.47. The summed E-state index contributed by atoms with van der Waals surface area (Å²) in [5.41, 5.74) is 6.36. The van der Waals surface area contributed by atoms with Gasteiger partial charge in [-0.2, -0.15) is 0 Å². The van der Waals surface area contributed by atoms with Crippen molar-refractivity contribution in [3.63, 3.8) is 0 Å². The normalized spacial score (nSPS) is 19.6. The molecule has 0 unspecified atom stereocenters. The number of benzene rings is 3. The number of aryl methyl sites for hydroxylation is 1. The van der Waals surface area contributed by atoms with Crippen LogP contribution in [0.4, 0.5) is 11.4 Å². The lowest BCUT2D eigenvalue weighted by atomic mass is 9.78. The minimum atomic E-state index is -0.478. The highest BCUT2D eigenvalue weighted by molar-refractivity contribution is 6.06. The van der Waals surface area contributed by atoms with E-state index in [1.165, 1.54) is 0 Å². The molecule has 1 aliphatic heterocycles. The molecule has 34 heavy (non-hydrogen) atoms. The quantitative estimate of drug-likeness (QED) is 0.536. The molecule has 5 heteroatoms.